The molecule has 5 heteroatoms. The summed E-state index contributed by atoms with van der Waals surface area (Å²) in [7, 11) is 0. The molecule has 0 fully saturated rings. The van der Waals surface area contributed by atoms with Crippen molar-refractivity contribution in [3.63, 3.8) is 0 Å². The van der Waals surface area contributed by atoms with Crippen LogP contribution < -0.4 is 5.73 Å². The van der Waals surface area contributed by atoms with E-state index in [0.717, 1.165) is 10.9 Å². The summed E-state index contributed by atoms with van der Waals surface area (Å²) in [6.07, 6.45) is 2.30. The van der Waals surface area contributed by atoms with E-state index in [-0.39, 0.29) is 0 Å². The molecule has 1 heterocycles. The van der Waals surface area contributed by atoms with Crippen LogP contribution in [0.2, 0.25) is 15.1 Å². The second-order valence-electron chi connectivity index (χ2n) is 3.16. The fourth-order valence-corrected chi connectivity index (χ4v) is 2.28. The molecule has 0 bridgehead atoms. The Labute approximate surface area is 102 Å². The van der Waals surface area contributed by atoms with Gasteiger partial charge in [-0.05, 0) is 19.0 Å². The van der Waals surface area contributed by atoms with Gasteiger partial charge in [0.05, 0.1) is 21.3 Å². The quantitative estimate of drug-likeness (QED) is 0.836. The van der Waals surface area contributed by atoms with Crippen molar-refractivity contribution in [3.05, 3.63) is 33.0 Å². The second-order valence-corrected chi connectivity index (χ2v) is 4.35. The molecule has 0 atom stereocenters. The molecule has 2 nitrogen and oxygen atoms in total. The van der Waals surface area contributed by atoms with E-state index in [0.29, 0.717) is 33.6 Å². The van der Waals surface area contributed by atoms with E-state index in [9.17, 15) is 0 Å². The number of hydrogen-bond donors (Lipinski definition) is 1. The van der Waals surface area contributed by atoms with E-state index in [1.54, 1.807) is 12.3 Å². The highest BCUT2D eigenvalue weighted by Gasteiger charge is 2.15. The SMILES string of the molecule is NCCc1coc2c(Cl)cc(Cl)c(Cl)c12. The zero-order valence-electron chi connectivity index (χ0n) is 7.69. The topological polar surface area (TPSA) is 39.2 Å². The maximum absolute atomic E-state index is 6.09. The van der Waals surface area contributed by atoms with Gasteiger partial charge in [0, 0.05) is 10.9 Å². The van der Waals surface area contributed by atoms with Gasteiger partial charge in [-0.15, -0.1) is 0 Å². The highest BCUT2D eigenvalue weighted by Crippen LogP contribution is 2.38. The van der Waals surface area contributed by atoms with Crippen LogP contribution in [0.3, 0.4) is 0 Å². The Morgan fingerprint density at radius 1 is 1.20 bits per heavy atom. The van der Waals surface area contributed by atoms with E-state index >= 15 is 0 Å². The van der Waals surface area contributed by atoms with Crippen LogP contribution in [0, 0.1) is 0 Å². The minimum Gasteiger partial charge on any atom is -0.462 e. The average molecular weight is 265 g/mol. The number of halogens is 3. The van der Waals surface area contributed by atoms with Crippen LogP contribution in [0.25, 0.3) is 11.0 Å². The van der Waals surface area contributed by atoms with E-state index in [1.165, 1.54) is 0 Å². The fourth-order valence-electron chi connectivity index (χ4n) is 1.51. The Balaban J connectivity index is 2.77. The molecule has 80 valence electrons. The van der Waals surface area contributed by atoms with Gasteiger partial charge in [-0.1, -0.05) is 34.8 Å². The predicted molar refractivity (Wildman–Crippen MR) is 64.0 cm³/mol. The van der Waals surface area contributed by atoms with Crippen LogP contribution in [-0.2, 0) is 6.42 Å². The maximum atomic E-state index is 6.09. The van der Waals surface area contributed by atoms with Crippen LogP contribution in [-0.4, -0.2) is 6.54 Å². The lowest BCUT2D eigenvalue weighted by Gasteiger charge is -2.01. The van der Waals surface area contributed by atoms with Gasteiger partial charge >= 0.3 is 0 Å². The molecule has 0 aliphatic heterocycles. The molecule has 0 aliphatic rings. The normalized spacial score (nSPS) is 11.2. The first-order chi connectivity index (χ1) is 7.15. The van der Waals surface area contributed by atoms with E-state index in [4.69, 9.17) is 45.0 Å². The number of furan rings is 1. The van der Waals surface area contributed by atoms with Crippen molar-refractivity contribution in [3.8, 4) is 0 Å². The monoisotopic (exact) mass is 263 g/mol. The Morgan fingerprint density at radius 3 is 2.60 bits per heavy atom. The van der Waals surface area contributed by atoms with Gasteiger partial charge in [0.25, 0.3) is 0 Å². The molecule has 2 rings (SSSR count). The van der Waals surface area contributed by atoms with Gasteiger partial charge in [-0.25, -0.2) is 0 Å². The van der Waals surface area contributed by atoms with Crippen molar-refractivity contribution in [2.45, 2.75) is 6.42 Å². The zero-order valence-corrected chi connectivity index (χ0v) is 9.96. The molecule has 1 aromatic carbocycles. The molecule has 0 amide bonds. The van der Waals surface area contributed by atoms with Crippen LogP contribution in [0.5, 0.6) is 0 Å². The zero-order chi connectivity index (χ0) is 11.0. The summed E-state index contributed by atoms with van der Waals surface area (Å²) >= 11 is 18.0. The third-order valence-corrected chi connectivity index (χ3v) is 3.25. The van der Waals surface area contributed by atoms with Crippen molar-refractivity contribution in [1.29, 1.82) is 0 Å². The molecule has 0 saturated carbocycles. The van der Waals surface area contributed by atoms with E-state index in [1.807, 2.05) is 0 Å². The summed E-state index contributed by atoms with van der Waals surface area (Å²) in [4.78, 5) is 0. The largest absolute Gasteiger partial charge is 0.462 e. The molecule has 0 unspecified atom stereocenters. The van der Waals surface area contributed by atoms with Gasteiger partial charge < -0.3 is 10.2 Å². The van der Waals surface area contributed by atoms with Crippen LogP contribution in [0.4, 0.5) is 0 Å². The minimum atomic E-state index is 0.425. The summed E-state index contributed by atoms with van der Waals surface area (Å²) in [5.74, 6) is 0. The van der Waals surface area contributed by atoms with Crippen LogP contribution in [0.1, 0.15) is 5.56 Å². The molecule has 0 radical (unpaired) electrons. The smallest absolute Gasteiger partial charge is 0.154 e. The molecule has 0 saturated heterocycles. The lowest BCUT2D eigenvalue weighted by Crippen LogP contribution is -2.01. The fraction of sp³-hybridized carbons (Fsp3) is 0.200. The first-order valence-corrected chi connectivity index (χ1v) is 5.52. The van der Waals surface area contributed by atoms with E-state index in [2.05, 4.69) is 0 Å². The lowest BCUT2D eigenvalue weighted by atomic mass is 10.1. The van der Waals surface area contributed by atoms with Crippen molar-refractivity contribution in [2.75, 3.05) is 6.54 Å². The minimum absolute atomic E-state index is 0.425. The molecule has 2 aromatic rings. The summed E-state index contributed by atoms with van der Waals surface area (Å²) in [6, 6.07) is 1.57. The Hall–Kier alpha value is -0.410. The summed E-state index contributed by atoms with van der Waals surface area (Å²) < 4.78 is 5.34. The van der Waals surface area contributed by atoms with Crippen molar-refractivity contribution in [2.24, 2.45) is 5.73 Å². The van der Waals surface area contributed by atoms with Crippen molar-refractivity contribution < 1.29 is 4.42 Å². The number of hydrogen-bond acceptors (Lipinski definition) is 2. The van der Waals surface area contributed by atoms with Gasteiger partial charge in [0.1, 0.15) is 0 Å². The first-order valence-electron chi connectivity index (χ1n) is 4.38. The van der Waals surface area contributed by atoms with Crippen LogP contribution in [0.15, 0.2) is 16.7 Å². The first kappa shape index (κ1) is 11.1. The third-order valence-electron chi connectivity index (χ3n) is 2.18. The molecule has 1 aromatic heterocycles. The molecular formula is C10H8Cl3NO. The predicted octanol–water partition coefficient (Wildman–Crippen LogP) is 3.89. The Bertz CT molecular complexity index is 507. The highest BCUT2D eigenvalue weighted by molar-refractivity contribution is 6.47. The molecular weight excluding hydrogens is 256 g/mol. The van der Waals surface area contributed by atoms with Gasteiger partial charge in [0.2, 0.25) is 0 Å². The Morgan fingerprint density at radius 2 is 1.93 bits per heavy atom. The molecule has 0 aliphatic carbocycles. The summed E-state index contributed by atoms with van der Waals surface area (Å²) in [5.41, 5.74) is 6.98. The van der Waals surface area contributed by atoms with Gasteiger partial charge in [-0.3, -0.25) is 0 Å². The molecule has 2 N–H and O–H groups in total. The summed E-state index contributed by atoms with van der Waals surface area (Å²) in [5, 5.41) is 2.12. The summed E-state index contributed by atoms with van der Waals surface area (Å²) in [6.45, 7) is 0.523. The number of fused-ring (bicyclic) bond motifs is 1. The third kappa shape index (κ3) is 1.83. The number of nitrogens with two attached hydrogens (primary N) is 1. The van der Waals surface area contributed by atoms with E-state index < -0.39 is 0 Å². The molecule has 15 heavy (non-hydrogen) atoms. The van der Waals surface area contributed by atoms with Gasteiger partial charge in [0.15, 0.2) is 5.58 Å². The van der Waals surface area contributed by atoms with Crippen molar-refractivity contribution in [1.82, 2.24) is 0 Å². The lowest BCUT2D eigenvalue weighted by molar-refractivity contribution is 0.610. The Kier molecular flexibility index (Phi) is 3.12. The van der Waals surface area contributed by atoms with Crippen LogP contribution >= 0.6 is 34.8 Å². The molecule has 0 spiro atoms. The highest BCUT2D eigenvalue weighted by atomic mass is 35.5. The standard InChI is InChI=1S/C10H8Cl3NO/c11-6-3-7(12)10-8(9(6)13)5(1-2-14)4-15-10/h3-4H,1-2,14H2. The average Bonchev–Trinajstić information content (AvgIpc) is 2.60. The number of benzene rings is 1. The van der Waals surface area contributed by atoms with Gasteiger partial charge in [-0.2, -0.15) is 0 Å². The second kappa shape index (κ2) is 4.22. The van der Waals surface area contributed by atoms with Crippen molar-refractivity contribution >= 4 is 45.8 Å². The number of rotatable bonds is 2. The maximum Gasteiger partial charge on any atom is 0.154 e.